The molecule has 0 rings (SSSR count). The minimum atomic E-state index is 0.833. The molecule has 0 heteroatoms. The largest absolute Gasteiger partial charge is 0.106 e. The average molecular weight is 188 g/mol. The van der Waals surface area contributed by atoms with E-state index < -0.39 is 0 Å². The molecule has 0 saturated heterocycles. The van der Waals surface area contributed by atoms with Crippen LogP contribution in [0.1, 0.15) is 67.7 Å². The Hall–Kier alpha value is -0.260. The Bertz CT molecular complexity index is 32.5. The Morgan fingerprint density at radius 3 is 1.00 bits per heavy atom. The van der Waals surface area contributed by atoms with Gasteiger partial charge in [0, 0.05) is 0 Å². The van der Waals surface area contributed by atoms with Gasteiger partial charge < -0.3 is 0 Å². The molecule has 0 unspecified atom stereocenters. The fourth-order valence-corrected chi connectivity index (χ4v) is 0.354. The zero-order valence-corrected chi connectivity index (χ0v) is 11.1. The highest BCUT2D eigenvalue weighted by molar-refractivity contribution is 4.24. The Morgan fingerprint density at radius 2 is 1.00 bits per heavy atom. The van der Waals surface area contributed by atoms with E-state index in [0.717, 1.165) is 5.92 Å². The number of rotatable bonds is 2. The fourth-order valence-electron chi connectivity index (χ4n) is 0.354. The molecule has 0 amide bonds. The number of unbranched alkanes of at least 4 members (excludes halogenated alkanes) is 2. The molecule has 0 aromatic carbocycles. The monoisotopic (exact) mass is 188 g/mol. The van der Waals surface area contributed by atoms with E-state index in [1.807, 2.05) is 13.8 Å². The molecule has 0 nitrogen and oxygen atoms in total. The average Bonchev–Trinajstić information content (AvgIpc) is 2.12. The number of hydrogen-bond acceptors (Lipinski definition) is 0. The quantitative estimate of drug-likeness (QED) is 0.488. The standard InChI is InChI=1S/C5H12.C4H10.C2H6.C2H4/c1-3-5-4-2;1-4(2)3;2*1-2/h3-5H2,1-2H3;4H,1-3H3;1-2H3;1-2H2. The Kier molecular flexibility index (Phi) is 72.7. The summed E-state index contributed by atoms with van der Waals surface area (Å²) in [5, 5.41) is 0. The van der Waals surface area contributed by atoms with Gasteiger partial charge in [-0.05, 0) is 5.92 Å². The molecule has 84 valence electrons. The van der Waals surface area contributed by atoms with Crippen LogP contribution in [-0.2, 0) is 0 Å². The van der Waals surface area contributed by atoms with E-state index in [1.165, 1.54) is 19.3 Å². The predicted molar refractivity (Wildman–Crippen MR) is 68.3 cm³/mol. The molecule has 0 spiro atoms. The molecule has 0 bridgehead atoms. The molecular weight excluding hydrogens is 156 g/mol. The van der Waals surface area contributed by atoms with Gasteiger partial charge in [0.1, 0.15) is 0 Å². The van der Waals surface area contributed by atoms with Crippen LogP contribution in [0.5, 0.6) is 0 Å². The van der Waals surface area contributed by atoms with E-state index in [0.29, 0.717) is 0 Å². The molecule has 0 atom stereocenters. The van der Waals surface area contributed by atoms with E-state index >= 15 is 0 Å². The summed E-state index contributed by atoms with van der Waals surface area (Å²) in [4.78, 5) is 0. The van der Waals surface area contributed by atoms with Crippen LogP contribution in [0.2, 0.25) is 0 Å². The second-order valence-electron chi connectivity index (χ2n) is 3.09. The van der Waals surface area contributed by atoms with Crippen molar-refractivity contribution in [2.45, 2.75) is 67.7 Å². The van der Waals surface area contributed by atoms with Crippen LogP contribution in [0.25, 0.3) is 0 Å². The van der Waals surface area contributed by atoms with Crippen molar-refractivity contribution >= 4 is 0 Å². The molecule has 0 N–H and O–H groups in total. The molecule has 0 saturated carbocycles. The summed E-state index contributed by atoms with van der Waals surface area (Å²) in [6.07, 6.45) is 4.08. The molecule has 0 aliphatic carbocycles. The summed E-state index contributed by atoms with van der Waals surface area (Å²) in [5.74, 6) is 0.833. The van der Waals surface area contributed by atoms with Crippen LogP contribution < -0.4 is 0 Å². The minimum Gasteiger partial charge on any atom is -0.106 e. The van der Waals surface area contributed by atoms with Crippen molar-refractivity contribution < 1.29 is 0 Å². The third-order valence-electron chi connectivity index (χ3n) is 0.707. The summed E-state index contributed by atoms with van der Waals surface area (Å²) in [6.45, 7) is 20.9. The highest BCUT2D eigenvalue weighted by Gasteiger charge is 1.68. The summed E-state index contributed by atoms with van der Waals surface area (Å²) in [6, 6.07) is 0. The van der Waals surface area contributed by atoms with Gasteiger partial charge in [-0.2, -0.15) is 0 Å². The van der Waals surface area contributed by atoms with E-state index in [2.05, 4.69) is 47.8 Å². The third kappa shape index (κ3) is 368. The van der Waals surface area contributed by atoms with Crippen molar-refractivity contribution in [2.75, 3.05) is 0 Å². The van der Waals surface area contributed by atoms with Gasteiger partial charge in [0.15, 0.2) is 0 Å². The Labute approximate surface area is 87.4 Å². The smallest absolute Gasteiger partial charge is 0.0500 e. The van der Waals surface area contributed by atoms with Crippen LogP contribution in [0.4, 0.5) is 0 Å². The second kappa shape index (κ2) is 41.1. The first kappa shape index (κ1) is 23.0. The Balaban J connectivity index is -0.0000000457. The predicted octanol–water partition coefficient (Wildman–Crippen LogP) is 5.69. The highest BCUT2D eigenvalue weighted by atomic mass is 13.7. The fraction of sp³-hybridized carbons (Fsp3) is 0.846. The lowest BCUT2D eigenvalue weighted by molar-refractivity contribution is 0.737. The van der Waals surface area contributed by atoms with Crippen LogP contribution in [-0.4, -0.2) is 0 Å². The van der Waals surface area contributed by atoms with Gasteiger partial charge in [-0.25, -0.2) is 0 Å². The van der Waals surface area contributed by atoms with Crippen LogP contribution >= 0.6 is 0 Å². The zero-order chi connectivity index (χ0) is 11.7. The third-order valence-corrected chi connectivity index (χ3v) is 0.707. The van der Waals surface area contributed by atoms with E-state index in [4.69, 9.17) is 0 Å². The van der Waals surface area contributed by atoms with Gasteiger partial charge in [0.05, 0.1) is 0 Å². The molecular formula is C13H32. The topological polar surface area (TPSA) is 0 Å². The van der Waals surface area contributed by atoms with Crippen molar-refractivity contribution in [2.24, 2.45) is 5.92 Å². The minimum absolute atomic E-state index is 0.833. The maximum absolute atomic E-state index is 3.00. The number of hydrogen-bond donors (Lipinski definition) is 0. The molecule has 0 aliphatic rings. The molecule has 0 radical (unpaired) electrons. The van der Waals surface area contributed by atoms with Crippen LogP contribution in [0.15, 0.2) is 13.2 Å². The summed E-state index contributed by atoms with van der Waals surface area (Å²) in [5.41, 5.74) is 0. The maximum Gasteiger partial charge on any atom is -0.0500 e. The first-order valence-corrected chi connectivity index (χ1v) is 5.65. The molecule has 0 aliphatic heterocycles. The first-order chi connectivity index (χ1) is 6.15. The molecule has 13 heavy (non-hydrogen) atoms. The zero-order valence-electron chi connectivity index (χ0n) is 11.1. The maximum atomic E-state index is 3.00. The van der Waals surface area contributed by atoms with Gasteiger partial charge >= 0.3 is 0 Å². The first-order valence-electron chi connectivity index (χ1n) is 5.65. The van der Waals surface area contributed by atoms with Crippen molar-refractivity contribution in [1.82, 2.24) is 0 Å². The Morgan fingerprint density at radius 1 is 0.846 bits per heavy atom. The molecule has 0 aromatic heterocycles. The van der Waals surface area contributed by atoms with E-state index in [9.17, 15) is 0 Å². The molecule has 0 fully saturated rings. The van der Waals surface area contributed by atoms with Crippen molar-refractivity contribution in [1.29, 1.82) is 0 Å². The molecule has 0 heterocycles. The summed E-state index contributed by atoms with van der Waals surface area (Å²) in [7, 11) is 0. The summed E-state index contributed by atoms with van der Waals surface area (Å²) >= 11 is 0. The van der Waals surface area contributed by atoms with Crippen LogP contribution in [0, 0.1) is 5.92 Å². The van der Waals surface area contributed by atoms with E-state index in [-0.39, 0.29) is 0 Å². The van der Waals surface area contributed by atoms with Gasteiger partial charge in [-0.3, -0.25) is 0 Å². The van der Waals surface area contributed by atoms with Gasteiger partial charge in [-0.15, -0.1) is 13.2 Å². The lowest BCUT2D eigenvalue weighted by Gasteiger charge is -1.79. The summed E-state index contributed by atoms with van der Waals surface area (Å²) < 4.78 is 0. The van der Waals surface area contributed by atoms with Gasteiger partial charge in [0.2, 0.25) is 0 Å². The SMILES string of the molecule is C=C.CC.CC(C)C.CCCCC. The van der Waals surface area contributed by atoms with Crippen molar-refractivity contribution in [3.8, 4) is 0 Å². The highest BCUT2D eigenvalue weighted by Crippen LogP contribution is 1.88. The van der Waals surface area contributed by atoms with Crippen molar-refractivity contribution in [3.05, 3.63) is 13.2 Å². The van der Waals surface area contributed by atoms with Gasteiger partial charge in [0.25, 0.3) is 0 Å². The van der Waals surface area contributed by atoms with Crippen LogP contribution in [0.3, 0.4) is 0 Å². The lowest BCUT2D eigenvalue weighted by atomic mass is 10.3. The van der Waals surface area contributed by atoms with Crippen molar-refractivity contribution in [3.63, 3.8) is 0 Å². The second-order valence-corrected chi connectivity index (χ2v) is 3.09. The van der Waals surface area contributed by atoms with Gasteiger partial charge in [-0.1, -0.05) is 67.7 Å². The molecule has 0 aromatic rings. The normalized spacial score (nSPS) is 6.77. The lowest BCUT2D eigenvalue weighted by Crippen LogP contribution is -1.66. The van der Waals surface area contributed by atoms with E-state index in [1.54, 1.807) is 0 Å².